The summed E-state index contributed by atoms with van der Waals surface area (Å²) in [5.74, 6) is 0.118. The number of fused-ring (bicyclic) bond motifs is 1. The van der Waals surface area contributed by atoms with Crippen LogP contribution in [-0.2, 0) is 9.59 Å². The Morgan fingerprint density at radius 1 is 1.19 bits per heavy atom. The van der Waals surface area contributed by atoms with Crippen molar-refractivity contribution in [2.75, 3.05) is 16.4 Å². The number of thiazole rings is 1. The zero-order chi connectivity index (χ0) is 19.4. The van der Waals surface area contributed by atoms with Crippen molar-refractivity contribution < 1.29 is 9.59 Å². The molecule has 0 unspecified atom stereocenters. The highest BCUT2D eigenvalue weighted by molar-refractivity contribution is 8.01. The molecule has 2 amide bonds. The predicted molar refractivity (Wildman–Crippen MR) is 114 cm³/mol. The van der Waals surface area contributed by atoms with E-state index in [1.165, 1.54) is 23.1 Å². The van der Waals surface area contributed by atoms with Gasteiger partial charge < -0.3 is 10.6 Å². The summed E-state index contributed by atoms with van der Waals surface area (Å²) < 4.78 is 1.78. The molecule has 5 nitrogen and oxygen atoms in total. The van der Waals surface area contributed by atoms with Gasteiger partial charge in [0, 0.05) is 22.8 Å². The Hall–Kier alpha value is -2.09. The summed E-state index contributed by atoms with van der Waals surface area (Å²) in [4.78, 5) is 28.3. The van der Waals surface area contributed by atoms with Gasteiger partial charge in [-0.05, 0) is 42.8 Å². The summed E-state index contributed by atoms with van der Waals surface area (Å²) in [6.45, 7) is 3.68. The van der Waals surface area contributed by atoms with Crippen LogP contribution in [0.4, 0.5) is 11.4 Å². The fraction of sp³-hybridized carbons (Fsp3) is 0.211. The molecule has 27 heavy (non-hydrogen) atoms. The Labute approximate surface area is 170 Å². The number of aromatic nitrogens is 1. The van der Waals surface area contributed by atoms with Crippen molar-refractivity contribution in [3.05, 3.63) is 47.0 Å². The number of carbonyl (C=O) groups excluding carboxylic acids is 2. The minimum atomic E-state index is -0.111. The third kappa shape index (κ3) is 5.00. The fourth-order valence-electron chi connectivity index (χ4n) is 2.35. The van der Waals surface area contributed by atoms with Crippen molar-refractivity contribution in [2.45, 2.75) is 24.6 Å². The van der Waals surface area contributed by atoms with Crippen LogP contribution in [-0.4, -0.2) is 22.6 Å². The van der Waals surface area contributed by atoms with E-state index in [1.54, 1.807) is 12.1 Å². The van der Waals surface area contributed by atoms with Crippen LogP contribution in [0.5, 0.6) is 0 Å². The van der Waals surface area contributed by atoms with E-state index in [0.29, 0.717) is 17.1 Å². The number of rotatable bonds is 6. The smallest absolute Gasteiger partial charge is 0.234 e. The van der Waals surface area contributed by atoms with Crippen LogP contribution in [0.25, 0.3) is 10.2 Å². The van der Waals surface area contributed by atoms with Gasteiger partial charge in [-0.3, -0.25) is 9.59 Å². The maximum absolute atomic E-state index is 12.2. The third-order valence-electron chi connectivity index (χ3n) is 3.84. The van der Waals surface area contributed by atoms with E-state index in [0.717, 1.165) is 25.8 Å². The molecule has 0 spiro atoms. The molecule has 3 aromatic rings. The second-order valence-electron chi connectivity index (χ2n) is 5.81. The van der Waals surface area contributed by atoms with Gasteiger partial charge in [0.05, 0.1) is 16.0 Å². The molecule has 0 aliphatic carbocycles. The molecular formula is C19H18ClN3O2S2. The molecule has 0 atom stereocenters. The maximum atomic E-state index is 12.2. The minimum Gasteiger partial charge on any atom is -0.326 e. The standard InChI is InChI=1S/C19H18ClN3O2S2/c1-3-17(24)21-12-7-8-15-16(9-12)27-19(23-15)26-10-18(25)22-14-6-4-5-13(20)11(14)2/h4-9H,3,10H2,1-2H3,(H,21,24)(H,22,25). The molecule has 0 aliphatic heterocycles. The van der Waals surface area contributed by atoms with Crippen molar-refractivity contribution >= 4 is 68.1 Å². The monoisotopic (exact) mass is 419 g/mol. The van der Waals surface area contributed by atoms with Crippen LogP contribution < -0.4 is 10.6 Å². The van der Waals surface area contributed by atoms with Crippen LogP contribution in [0.2, 0.25) is 5.02 Å². The van der Waals surface area contributed by atoms with E-state index < -0.39 is 0 Å². The van der Waals surface area contributed by atoms with Crippen LogP contribution in [0.15, 0.2) is 40.7 Å². The third-order valence-corrected chi connectivity index (χ3v) is 6.41. The number of nitrogens with zero attached hydrogens (tertiary/aromatic N) is 1. The van der Waals surface area contributed by atoms with E-state index in [9.17, 15) is 9.59 Å². The molecule has 0 saturated heterocycles. The van der Waals surface area contributed by atoms with Gasteiger partial charge in [0.1, 0.15) is 0 Å². The van der Waals surface area contributed by atoms with Crippen LogP contribution in [0.3, 0.4) is 0 Å². The topological polar surface area (TPSA) is 71.1 Å². The number of hydrogen-bond acceptors (Lipinski definition) is 5. The van der Waals surface area contributed by atoms with Gasteiger partial charge in [-0.15, -0.1) is 11.3 Å². The van der Waals surface area contributed by atoms with E-state index in [-0.39, 0.29) is 17.6 Å². The number of hydrogen-bond donors (Lipinski definition) is 2. The number of nitrogens with one attached hydrogen (secondary N) is 2. The lowest BCUT2D eigenvalue weighted by atomic mass is 10.2. The molecular weight excluding hydrogens is 402 g/mol. The van der Waals surface area contributed by atoms with Crippen LogP contribution in [0, 0.1) is 6.92 Å². The van der Waals surface area contributed by atoms with Gasteiger partial charge in [-0.25, -0.2) is 4.98 Å². The highest BCUT2D eigenvalue weighted by Gasteiger charge is 2.11. The molecule has 2 N–H and O–H groups in total. The van der Waals surface area contributed by atoms with E-state index >= 15 is 0 Å². The number of benzene rings is 2. The summed E-state index contributed by atoms with van der Waals surface area (Å²) in [5, 5.41) is 6.34. The Balaban J connectivity index is 1.63. The Kier molecular flexibility index (Phi) is 6.36. The van der Waals surface area contributed by atoms with E-state index in [1.807, 2.05) is 38.1 Å². The normalized spacial score (nSPS) is 10.8. The zero-order valence-corrected chi connectivity index (χ0v) is 17.2. The second-order valence-corrected chi connectivity index (χ2v) is 8.47. The highest BCUT2D eigenvalue weighted by atomic mass is 35.5. The summed E-state index contributed by atoms with van der Waals surface area (Å²) in [7, 11) is 0. The molecule has 0 fully saturated rings. The van der Waals surface area contributed by atoms with E-state index in [4.69, 9.17) is 11.6 Å². The molecule has 1 aromatic heterocycles. The number of thioether (sulfide) groups is 1. The first kappa shape index (κ1) is 19.7. The molecule has 2 aromatic carbocycles. The molecule has 0 aliphatic rings. The summed E-state index contributed by atoms with van der Waals surface area (Å²) >= 11 is 8.96. The lowest BCUT2D eigenvalue weighted by Crippen LogP contribution is -2.14. The molecule has 140 valence electrons. The Morgan fingerprint density at radius 2 is 2.00 bits per heavy atom. The number of halogens is 1. The Morgan fingerprint density at radius 3 is 2.78 bits per heavy atom. The molecule has 8 heteroatoms. The molecule has 0 bridgehead atoms. The largest absolute Gasteiger partial charge is 0.326 e. The first-order valence-corrected chi connectivity index (χ1v) is 10.5. The minimum absolute atomic E-state index is 0.0264. The van der Waals surface area contributed by atoms with Gasteiger partial charge in [0.25, 0.3) is 0 Å². The first-order chi connectivity index (χ1) is 13.0. The lowest BCUT2D eigenvalue weighted by molar-refractivity contribution is -0.116. The van der Waals surface area contributed by atoms with Crippen LogP contribution >= 0.6 is 34.7 Å². The van der Waals surface area contributed by atoms with Crippen molar-refractivity contribution in [2.24, 2.45) is 0 Å². The summed E-state index contributed by atoms with van der Waals surface area (Å²) in [6, 6.07) is 11.0. The Bertz CT molecular complexity index is 1000. The van der Waals surface area contributed by atoms with Gasteiger partial charge in [0.15, 0.2) is 4.34 Å². The number of carbonyl (C=O) groups is 2. The van der Waals surface area contributed by atoms with E-state index in [2.05, 4.69) is 15.6 Å². The van der Waals surface area contributed by atoms with Crippen molar-refractivity contribution in [3.63, 3.8) is 0 Å². The molecule has 3 rings (SSSR count). The van der Waals surface area contributed by atoms with Gasteiger partial charge in [0.2, 0.25) is 11.8 Å². The fourth-order valence-corrected chi connectivity index (χ4v) is 4.43. The number of amides is 2. The van der Waals surface area contributed by atoms with Gasteiger partial charge >= 0.3 is 0 Å². The summed E-state index contributed by atoms with van der Waals surface area (Å²) in [5.41, 5.74) is 3.17. The maximum Gasteiger partial charge on any atom is 0.234 e. The van der Waals surface area contributed by atoms with Crippen LogP contribution in [0.1, 0.15) is 18.9 Å². The van der Waals surface area contributed by atoms with Crippen molar-refractivity contribution in [1.82, 2.24) is 4.98 Å². The zero-order valence-electron chi connectivity index (χ0n) is 14.8. The van der Waals surface area contributed by atoms with Crippen molar-refractivity contribution in [1.29, 1.82) is 0 Å². The predicted octanol–water partition coefficient (Wildman–Crippen LogP) is 5.34. The SMILES string of the molecule is CCC(=O)Nc1ccc2nc(SCC(=O)Nc3cccc(Cl)c3C)sc2c1. The average molecular weight is 420 g/mol. The molecule has 0 saturated carbocycles. The van der Waals surface area contributed by atoms with Gasteiger partial charge in [-0.1, -0.05) is 36.4 Å². The van der Waals surface area contributed by atoms with Gasteiger partial charge in [-0.2, -0.15) is 0 Å². The highest BCUT2D eigenvalue weighted by Crippen LogP contribution is 2.31. The second kappa shape index (κ2) is 8.73. The quantitative estimate of drug-likeness (QED) is 0.529. The molecule has 0 radical (unpaired) electrons. The van der Waals surface area contributed by atoms with Crippen molar-refractivity contribution in [3.8, 4) is 0 Å². The number of anilines is 2. The summed E-state index contributed by atoms with van der Waals surface area (Å²) in [6.07, 6.45) is 0.434. The molecule has 1 heterocycles. The average Bonchev–Trinajstić information content (AvgIpc) is 3.06. The lowest BCUT2D eigenvalue weighted by Gasteiger charge is -2.08. The first-order valence-electron chi connectivity index (χ1n) is 8.34.